The molecule has 4 aromatic heterocycles. The Hall–Kier alpha value is -9.20. The molecule has 4 nitrogen and oxygen atoms in total. The summed E-state index contributed by atoms with van der Waals surface area (Å²) in [7, 11) is 0. The van der Waals surface area contributed by atoms with Gasteiger partial charge in [-0.15, -0.1) is 0 Å². The van der Waals surface area contributed by atoms with Gasteiger partial charge in [0.05, 0.1) is 38.8 Å². The number of halogens is 2. The molecule has 0 unspecified atom stereocenters. The monoisotopic (exact) mass is 1130 g/mol. The molecule has 368 valence electrons. The van der Waals surface area contributed by atoms with Crippen molar-refractivity contribution < 1.29 is 8.83 Å². The van der Waals surface area contributed by atoms with E-state index >= 15 is 0 Å². The lowest BCUT2D eigenvalue weighted by atomic mass is 9.98. The summed E-state index contributed by atoms with van der Waals surface area (Å²) >= 11 is 7.43. The zero-order chi connectivity index (χ0) is 51.8. The van der Waals surface area contributed by atoms with Crippen LogP contribution in [0.3, 0.4) is 0 Å². The minimum atomic E-state index is 0.903. The summed E-state index contributed by atoms with van der Waals surface area (Å²) in [5, 5.41) is 9.47. The van der Waals surface area contributed by atoms with Gasteiger partial charge in [0, 0.05) is 46.6 Å². The van der Waals surface area contributed by atoms with Crippen molar-refractivity contribution in [2.45, 2.75) is 0 Å². The van der Waals surface area contributed by atoms with Crippen LogP contribution in [0.1, 0.15) is 0 Å². The van der Waals surface area contributed by atoms with Crippen LogP contribution in [0.4, 0.5) is 0 Å². The zero-order valence-corrected chi connectivity index (χ0v) is 45.0. The van der Waals surface area contributed by atoms with Crippen LogP contribution in [0.15, 0.2) is 285 Å². The quantitative estimate of drug-likeness (QED) is 0.166. The van der Waals surface area contributed by atoms with Crippen molar-refractivity contribution in [2.75, 3.05) is 0 Å². The third kappa shape index (κ3) is 7.62. The Balaban J connectivity index is 0.000000136. The van der Waals surface area contributed by atoms with E-state index in [1.807, 2.05) is 36.4 Å². The lowest BCUT2D eigenvalue weighted by Crippen LogP contribution is -1.94. The molecule has 4 heterocycles. The topological polar surface area (TPSA) is 36.1 Å². The van der Waals surface area contributed by atoms with Crippen LogP contribution in [-0.2, 0) is 0 Å². The number of fused-ring (bicyclic) bond motifs is 12. The first-order valence-corrected chi connectivity index (χ1v) is 27.7. The molecule has 12 aromatic carbocycles. The van der Waals surface area contributed by atoms with Crippen LogP contribution >= 0.6 is 31.9 Å². The molecule has 0 N–H and O–H groups in total. The van der Waals surface area contributed by atoms with Crippen molar-refractivity contribution in [3.8, 4) is 55.9 Å². The van der Waals surface area contributed by atoms with Gasteiger partial charge in [0.1, 0.15) is 16.7 Å². The molecule has 0 saturated heterocycles. The van der Waals surface area contributed by atoms with Gasteiger partial charge < -0.3 is 18.0 Å². The molecule has 16 rings (SSSR count). The van der Waals surface area contributed by atoms with Crippen molar-refractivity contribution in [3.05, 3.63) is 276 Å². The Morgan fingerprint density at radius 1 is 0.256 bits per heavy atom. The minimum absolute atomic E-state index is 0.903. The Bertz CT molecular complexity index is 5030. The van der Waals surface area contributed by atoms with Gasteiger partial charge in [-0.1, -0.05) is 208 Å². The predicted molar refractivity (Wildman–Crippen MR) is 333 cm³/mol. The zero-order valence-electron chi connectivity index (χ0n) is 41.9. The molecule has 0 radical (unpaired) electrons. The number of hydrogen-bond acceptors (Lipinski definition) is 2. The van der Waals surface area contributed by atoms with Gasteiger partial charge in [-0.2, -0.15) is 0 Å². The van der Waals surface area contributed by atoms with Gasteiger partial charge in [0.15, 0.2) is 5.58 Å². The first-order chi connectivity index (χ1) is 38.5. The van der Waals surface area contributed by atoms with E-state index in [0.717, 1.165) is 69.7 Å². The van der Waals surface area contributed by atoms with E-state index in [9.17, 15) is 0 Å². The average molecular weight is 1130 g/mol. The first kappa shape index (κ1) is 46.1. The van der Waals surface area contributed by atoms with E-state index in [0.29, 0.717) is 0 Å². The van der Waals surface area contributed by atoms with Gasteiger partial charge in [0.25, 0.3) is 0 Å². The Morgan fingerprint density at radius 3 is 1.27 bits per heavy atom. The normalized spacial score (nSPS) is 11.7. The third-order valence-electron chi connectivity index (χ3n) is 15.4. The number of aromatic nitrogens is 2. The minimum Gasteiger partial charge on any atom is -0.456 e. The second kappa shape index (κ2) is 18.8. The van der Waals surface area contributed by atoms with Crippen LogP contribution in [0, 0.1) is 0 Å². The highest BCUT2D eigenvalue weighted by Crippen LogP contribution is 2.43. The van der Waals surface area contributed by atoms with Crippen LogP contribution in [0.25, 0.3) is 143 Å². The average Bonchev–Trinajstić information content (AvgIpc) is 4.28. The first-order valence-electron chi connectivity index (χ1n) is 26.1. The molecular formula is C72H44Br2N2O2. The molecule has 16 aromatic rings. The van der Waals surface area contributed by atoms with Gasteiger partial charge in [-0.25, -0.2) is 0 Å². The van der Waals surface area contributed by atoms with E-state index in [1.54, 1.807) is 0 Å². The molecule has 0 fully saturated rings. The molecule has 0 saturated carbocycles. The number of hydrogen-bond donors (Lipinski definition) is 0. The lowest BCUT2D eigenvalue weighted by Gasteiger charge is -2.11. The summed E-state index contributed by atoms with van der Waals surface area (Å²) in [5.74, 6) is 0. The van der Waals surface area contributed by atoms with Crippen molar-refractivity contribution in [1.29, 1.82) is 0 Å². The van der Waals surface area contributed by atoms with Crippen molar-refractivity contribution in [2.24, 2.45) is 0 Å². The second-order valence-electron chi connectivity index (χ2n) is 19.8. The Morgan fingerprint density at radius 2 is 0.667 bits per heavy atom. The molecule has 6 heteroatoms. The highest BCUT2D eigenvalue weighted by atomic mass is 79.9. The second-order valence-corrected chi connectivity index (χ2v) is 21.5. The number of para-hydroxylation sites is 5. The van der Waals surface area contributed by atoms with E-state index in [2.05, 4.69) is 272 Å². The van der Waals surface area contributed by atoms with Gasteiger partial charge in [0.2, 0.25) is 0 Å². The van der Waals surface area contributed by atoms with Crippen LogP contribution in [0.5, 0.6) is 0 Å². The number of nitrogens with zero attached hydrogens (tertiary/aromatic N) is 2. The van der Waals surface area contributed by atoms with Crippen LogP contribution in [0.2, 0.25) is 0 Å². The van der Waals surface area contributed by atoms with Crippen LogP contribution in [-0.4, -0.2) is 9.13 Å². The standard InChI is InChI=1S/2C36H22BrNO/c37-31-15-4-1-11-26(31)25-10-7-9-23(21-25)24-19-20-33-30(22-24)27-12-2-5-16-32(27)38(33)34-17-8-14-29-28-13-3-6-18-35(28)39-36(29)34;37-30-14-4-1-11-26(30)25-10-7-9-23(21-25)24-19-20-32-29(22-24)27-12-2-5-15-31(27)38(32)33-16-8-18-35-36(33)28-13-3-6-17-34(28)39-35/h2*1-22H. The smallest absolute Gasteiger partial charge is 0.159 e. The maximum atomic E-state index is 6.44. The summed E-state index contributed by atoms with van der Waals surface area (Å²) in [6, 6.07) is 94.6. The lowest BCUT2D eigenvalue weighted by molar-refractivity contribution is 0.666. The number of furan rings is 2. The Kier molecular flexibility index (Phi) is 11.1. The molecule has 0 spiro atoms. The highest BCUT2D eigenvalue weighted by Gasteiger charge is 2.20. The van der Waals surface area contributed by atoms with E-state index < -0.39 is 0 Å². The molecule has 0 aliphatic carbocycles. The largest absolute Gasteiger partial charge is 0.456 e. The van der Waals surface area contributed by atoms with Crippen LogP contribution < -0.4 is 0 Å². The molecule has 0 amide bonds. The fourth-order valence-electron chi connectivity index (χ4n) is 11.8. The maximum Gasteiger partial charge on any atom is 0.159 e. The van der Waals surface area contributed by atoms with Crippen molar-refractivity contribution in [1.82, 2.24) is 9.13 Å². The van der Waals surface area contributed by atoms with Gasteiger partial charge in [-0.3, -0.25) is 0 Å². The Labute approximate surface area is 465 Å². The van der Waals surface area contributed by atoms with E-state index in [-0.39, 0.29) is 0 Å². The molecule has 78 heavy (non-hydrogen) atoms. The molecule has 0 aliphatic heterocycles. The molecule has 0 aliphatic rings. The fourth-order valence-corrected chi connectivity index (χ4v) is 12.8. The van der Waals surface area contributed by atoms with Crippen molar-refractivity contribution >= 4 is 119 Å². The summed E-state index contributed by atoms with van der Waals surface area (Å²) in [4.78, 5) is 0. The SMILES string of the molecule is Brc1ccccc1-c1cccc(-c2ccc3c(c2)c2ccccc2n3-c2cccc3c2oc2ccccc23)c1.Brc1ccccc1-c1cccc(-c2ccc3c(c2)c2ccccc2n3-c2cccc3oc4ccccc4c23)c1. The van der Waals surface area contributed by atoms with Gasteiger partial charge in [-0.05, 0) is 136 Å². The van der Waals surface area contributed by atoms with Gasteiger partial charge >= 0.3 is 0 Å². The summed E-state index contributed by atoms with van der Waals surface area (Å²) in [6.07, 6.45) is 0. The molecule has 0 bridgehead atoms. The van der Waals surface area contributed by atoms with E-state index in [4.69, 9.17) is 8.83 Å². The number of benzene rings is 12. The summed E-state index contributed by atoms with van der Waals surface area (Å²) in [5.41, 5.74) is 20.1. The third-order valence-corrected chi connectivity index (χ3v) is 16.7. The molecule has 0 atom stereocenters. The summed E-state index contributed by atoms with van der Waals surface area (Å²) < 4.78 is 19.6. The molecular weight excluding hydrogens is 1080 g/mol. The maximum absolute atomic E-state index is 6.44. The van der Waals surface area contributed by atoms with Crippen molar-refractivity contribution in [3.63, 3.8) is 0 Å². The summed E-state index contributed by atoms with van der Waals surface area (Å²) in [6.45, 7) is 0. The predicted octanol–water partition coefficient (Wildman–Crippen LogP) is 21.6. The fraction of sp³-hybridized carbons (Fsp3) is 0. The number of rotatable bonds is 6. The highest BCUT2D eigenvalue weighted by molar-refractivity contribution is 9.11. The van der Waals surface area contributed by atoms with E-state index in [1.165, 1.54) is 82.6 Å².